The van der Waals surface area contributed by atoms with Crippen LogP contribution < -0.4 is 5.32 Å². The van der Waals surface area contributed by atoms with Gasteiger partial charge in [0.25, 0.3) is 5.91 Å². The van der Waals surface area contributed by atoms with Gasteiger partial charge in [-0.1, -0.05) is 30.3 Å². The summed E-state index contributed by atoms with van der Waals surface area (Å²) in [5.74, 6) is -1.00. The number of ether oxygens (including phenoxy) is 1. The highest BCUT2D eigenvalue weighted by Gasteiger charge is 2.13. The minimum Gasteiger partial charge on any atom is -0.456 e. The lowest BCUT2D eigenvalue weighted by Crippen LogP contribution is -2.28. The number of rotatable bonds is 8. The van der Waals surface area contributed by atoms with E-state index in [1.807, 2.05) is 43.3 Å². The Morgan fingerprint density at radius 1 is 1.04 bits per heavy atom. The molecule has 0 radical (unpaired) electrons. The number of ketones is 1. The van der Waals surface area contributed by atoms with E-state index >= 15 is 0 Å². The molecule has 0 saturated heterocycles. The quantitative estimate of drug-likeness (QED) is 0.590. The number of carbonyl (C=O) groups is 3. The van der Waals surface area contributed by atoms with Crippen LogP contribution >= 0.6 is 11.3 Å². The van der Waals surface area contributed by atoms with E-state index in [9.17, 15) is 14.4 Å². The molecule has 0 bridgehead atoms. The van der Waals surface area contributed by atoms with Crippen LogP contribution in [0.4, 0.5) is 0 Å². The van der Waals surface area contributed by atoms with Crippen LogP contribution in [0.1, 0.15) is 33.0 Å². The van der Waals surface area contributed by atoms with Crippen molar-refractivity contribution in [1.29, 1.82) is 0 Å². The van der Waals surface area contributed by atoms with Gasteiger partial charge in [-0.15, -0.1) is 11.3 Å². The maximum absolute atomic E-state index is 11.9. The molecule has 24 heavy (non-hydrogen) atoms. The van der Waals surface area contributed by atoms with Crippen molar-refractivity contribution in [1.82, 2.24) is 5.32 Å². The highest BCUT2D eigenvalue weighted by Crippen LogP contribution is 2.17. The predicted octanol–water partition coefficient (Wildman–Crippen LogP) is 2.88. The maximum Gasteiger partial charge on any atom is 0.306 e. The molecule has 1 heterocycles. The number of nitrogens with one attached hydrogen (secondary N) is 1. The van der Waals surface area contributed by atoms with E-state index in [2.05, 4.69) is 5.32 Å². The Labute approximate surface area is 144 Å². The van der Waals surface area contributed by atoms with Gasteiger partial charge in [-0.2, -0.15) is 0 Å². The number of thiophene rings is 1. The first-order valence-electron chi connectivity index (χ1n) is 7.60. The van der Waals surface area contributed by atoms with Crippen molar-refractivity contribution in [3.8, 4) is 0 Å². The van der Waals surface area contributed by atoms with Crippen molar-refractivity contribution in [2.45, 2.75) is 26.3 Å². The number of aryl methyl sites for hydroxylation is 1. The third kappa shape index (κ3) is 5.96. The van der Waals surface area contributed by atoms with Crippen LogP contribution in [0.3, 0.4) is 0 Å². The molecule has 0 aliphatic rings. The summed E-state index contributed by atoms with van der Waals surface area (Å²) in [5.41, 5.74) is 0.967. The number of amides is 1. The normalized spacial score (nSPS) is 10.2. The molecule has 126 valence electrons. The fourth-order valence-electron chi connectivity index (χ4n) is 1.99. The van der Waals surface area contributed by atoms with Crippen LogP contribution in [0.15, 0.2) is 42.5 Å². The van der Waals surface area contributed by atoms with Gasteiger partial charge in [0.05, 0.1) is 11.3 Å². The monoisotopic (exact) mass is 345 g/mol. The minimum absolute atomic E-state index is 0.0260. The summed E-state index contributed by atoms with van der Waals surface area (Å²) in [5, 5.41) is 2.67. The zero-order chi connectivity index (χ0) is 17.4. The van der Waals surface area contributed by atoms with Crippen molar-refractivity contribution in [3.63, 3.8) is 0 Å². The van der Waals surface area contributed by atoms with Gasteiger partial charge in [-0.05, 0) is 24.6 Å². The summed E-state index contributed by atoms with van der Waals surface area (Å²) in [7, 11) is 0. The number of benzene rings is 1. The second-order valence-corrected chi connectivity index (χ2v) is 6.54. The molecule has 0 spiro atoms. The SMILES string of the molecule is Cc1ccc(C(=O)CCC(=O)OCC(=O)NCc2ccccc2)s1. The van der Waals surface area contributed by atoms with E-state index in [0.717, 1.165) is 10.4 Å². The van der Waals surface area contributed by atoms with Crippen molar-refractivity contribution in [3.05, 3.63) is 57.8 Å². The van der Waals surface area contributed by atoms with E-state index in [0.29, 0.717) is 11.4 Å². The van der Waals surface area contributed by atoms with Crippen LogP contribution in [0, 0.1) is 6.92 Å². The molecule has 1 amide bonds. The molecule has 0 unspecified atom stereocenters. The van der Waals surface area contributed by atoms with Crippen LogP contribution in [-0.4, -0.2) is 24.3 Å². The lowest BCUT2D eigenvalue weighted by Gasteiger charge is -2.06. The van der Waals surface area contributed by atoms with Gasteiger partial charge >= 0.3 is 5.97 Å². The average Bonchev–Trinajstić information content (AvgIpc) is 3.03. The van der Waals surface area contributed by atoms with Crippen molar-refractivity contribution in [2.75, 3.05) is 6.61 Å². The van der Waals surface area contributed by atoms with Gasteiger partial charge in [0.1, 0.15) is 0 Å². The van der Waals surface area contributed by atoms with Gasteiger partial charge < -0.3 is 10.1 Å². The molecule has 2 rings (SSSR count). The summed E-state index contributed by atoms with van der Waals surface area (Å²) in [6.07, 6.45) is 0.0617. The second-order valence-electron chi connectivity index (χ2n) is 5.26. The molecule has 0 aliphatic carbocycles. The Morgan fingerprint density at radius 3 is 2.46 bits per heavy atom. The molecule has 0 saturated carbocycles. The lowest BCUT2D eigenvalue weighted by molar-refractivity contribution is -0.148. The van der Waals surface area contributed by atoms with E-state index < -0.39 is 5.97 Å². The average molecular weight is 345 g/mol. The first kappa shape index (κ1) is 17.9. The molecule has 2 aromatic rings. The smallest absolute Gasteiger partial charge is 0.306 e. The first-order valence-corrected chi connectivity index (χ1v) is 8.42. The molecule has 1 aromatic heterocycles. The zero-order valence-electron chi connectivity index (χ0n) is 13.4. The van der Waals surface area contributed by atoms with E-state index in [1.165, 1.54) is 11.3 Å². The largest absolute Gasteiger partial charge is 0.456 e. The Bertz CT molecular complexity index is 709. The zero-order valence-corrected chi connectivity index (χ0v) is 14.2. The second kappa shape index (κ2) is 8.98. The molecule has 0 fully saturated rings. The van der Waals surface area contributed by atoms with E-state index in [1.54, 1.807) is 6.07 Å². The van der Waals surface area contributed by atoms with E-state index in [4.69, 9.17) is 4.74 Å². The summed E-state index contributed by atoms with van der Waals surface area (Å²) >= 11 is 1.40. The molecule has 1 aromatic carbocycles. The first-order chi connectivity index (χ1) is 11.5. The van der Waals surface area contributed by atoms with Crippen LogP contribution in [0.5, 0.6) is 0 Å². The van der Waals surface area contributed by atoms with Crippen LogP contribution in [-0.2, 0) is 20.9 Å². The molecule has 0 aliphatic heterocycles. The van der Waals surface area contributed by atoms with Crippen molar-refractivity contribution < 1.29 is 19.1 Å². The van der Waals surface area contributed by atoms with Crippen LogP contribution in [0.2, 0.25) is 0 Å². The molecular weight excluding hydrogens is 326 g/mol. The van der Waals surface area contributed by atoms with Gasteiger partial charge in [0.2, 0.25) is 0 Å². The highest BCUT2D eigenvalue weighted by atomic mass is 32.1. The Hall–Kier alpha value is -2.47. The standard InChI is InChI=1S/C18H19NO4S/c1-13-7-9-16(24-13)15(20)8-10-18(22)23-12-17(21)19-11-14-5-3-2-4-6-14/h2-7,9H,8,10-12H2,1H3,(H,19,21). The van der Waals surface area contributed by atoms with Crippen LogP contribution in [0.25, 0.3) is 0 Å². The van der Waals surface area contributed by atoms with Crippen molar-refractivity contribution in [2.24, 2.45) is 0 Å². The number of carbonyl (C=O) groups excluding carboxylic acids is 3. The molecule has 5 nitrogen and oxygen atoms in total. The van der Waals surface area contributed by atoms with Gasteiger partial charge in [0, 0.05) is 17.8 Å². The minimum atomic E-state index is -0.550. The summed E-state index contributed by atoms with van der Waals surface area (Å²) in [6.45, 7) is 1.97. The predicted molar refractivity (Wildman–Crippen MR) is 91.9 cm³/mol. The molecule has 6 heteroatoms. The lowest BCUT2D eigenvalue weighted by atomic mass is 10.2. The summed E-state index contributed by atoms with van der Waals surface area (Å²) < 4.78 is 4.88. The van der Waals surface area contributed by atoms with Gasteiger partial charge in [-0.25, -0.2) is 0 Å². The topological polar surface area (TPSA) is 72.5 Å². The molecule has 0 atom stereocenters. The Balaban J connectivity index is 1.63. The molecule has 1 N–H and O–H groups in total. The number of hydrogen-bond acceptors (Lipinski definition) is 5. The van der Waals surface area contributed by atoms with Gasteiger partial charge in [-0.3, -0.25) is 14.4 Å². The number of Topliss-reactive ketones (excluding diaryl/α,β-unsaturated/α-hetero) is 1. The fraction of sp³-hybridized carbons (Fsp3) is 0.278. The summed E-state index contributed by atoms with van der Waals surface area (Å²) in [4.78, 5) is 36.8. The Morgan fingerprint density at radius 2 is 1.79 bits per heavy atom. The van der Waals surface area contributed by atoms with Gasteiger partial charge in [0.15, 0.2) is 12.4 Å². The van der Waals surface area contributed by atoms with E-state index in [-0.39, 0.29) is 31.1 Å². The summed E-state index contributed by atoms with van der Waals surface area (Å²) in [6, 6.07) is 13.1. The third-order valence-electron chi connectivity index (χ3n) is 3.27. The maximum atomic E-state index is 11.9. The highest BCUT2D eigenvalue weighted by molar-refractivity contribution is 7.14. The number of hydrogen-bond donors (Lipinski definition) is 1. The van der Waals surface area contributed by atoms with Crippen molar-refractivity contribution >= 4 is 29.0 Å². The number of esters is 1. The molecular formula is C18H19NO4S. The third-order valence-corrected chi connectivity index (χ3v) is 4.31. The fourth-order valence-corrected chi connectivity index (χ4v) is 2.82. The Kier molecular flexibility index (Phi) is 6.69.